The Labute approximate surface area is 129 Å². The Morgan fingerprint density at radius 1 is 1.45 bits per heavy atom. The molecule has 0 unspecified atom stereocenters. The van der Waals surface area contributed by atoms with Gasteiger partial charge in [0.1, 0.15) is 5.82 Å². The van der Waals surface area contributed by atoms with Gasteiger partial charge in [-0.3, -0.25) is 15.0 Å². The average molecular weight is 307 g/mol. The Bertz CT molecular complexity index is 550. The molecule has 22 heavy (non-hydrogen) atoms. The molecule has 6 heteroatoms. The van der Waals surface area contributed by atoms with E-state index in [-0.39, 0.29) is 24.2 Å². The number of hydrogen-bond acceptors (Lipinski definition) is 3. The summed E-state index contributed by atoms with van der Waals surface area (Å²) in [5.74, 6) is -0.0485. The van der Waals surface area contributed by atoms with Crippen molar-refractivity contribution >= 4 is 11.9 Å². The molecule has 0 aromatic heterocycles. The number of nitrogens with two attached hydrogens (primary N) is 1. The molecule has 5 nitrogen and oxygen atoms in total. The molecule has 0 saturated carbocycles. The van der Waals surface area contributed by atoms with Crippen LogP contribution in [0.25, 0.3) is 0 Å². The number of carbonyl (C=O) groups is 2. The van der Waals surface area contributed by atoms with Crippen LogP contribution in [-0.4, -0.2) is 29.9 Å². The first-order valence-corrected chi connectivity index (χ1v) is 7.54. The van der Waals surface area contributed by atoms with Gasteiger partial charge >= 0.3 is 6.03 Å². The summed E-state index contributed by atoms with van der Waals surface area (Å²) in [6, 6.07) is 6.06. The predicted molar refractivity (Wildman–Crippen MR) is 81.5 cm³/mol. The number of amides is 3. The van der Waals surface area contributed by atoms with Crippen molar-refractivity contribution in [3.8, 4) is 0 Å². The number of rotatable bonds is 5. The standard InChI is InChI=1S/C16H22FN3O2/c1-11-8-14(12-4-2-5-13(17)9-12)20(10-11)7-3-6-15(21)19-16(18)22/h2,4-5,9,11,14H,3,6-8,10H2,1H3,(H3,18,19,21,22)/t11-,14-/m1/s1. The zero-order chi connectivity index (χ0) is 16.1. The minimum absolute atomic E-state index is 0.185. The molecule has 120 valence electrons. The average Bonchev–Trinajstić information content (AvgIpc) is 2.79. The van der Waals surface area contributed by atoms with Gasteiger partial charge in [0, 0.05) is 19.0 Å². The number of carbonyl (C=O) groups excluding carboxylic acids is 2. The Kier molecular flexibility index (Phi) is 5.49. The first-order valence-electron chi connectivity index (χ1n) is 7.54. The predicted octanol–water partition coefficient (Wildman–Crippen LogP) is 2.18. The fraction of sp³-hybridized carbons (Fsp3) is 0.500. The zero-order valence-electron chi connectivity index (χ0n) is 12.7. The third kappa shape index (κ3) is 4.53. The topological polar surface area (TPSA) is 75.4 Å². The van der Waals surface area contributed by atoms with Gasteiger partial charge in [-0.25, -0.2) is 9.18 Å². The molecule has 2 atom stereocenters. The van der Waals surface area contributed by atoms with Crippen molar-refractivity contribution in [1.29, 1.82) is 0 Å². The summed E-state index contributed by atoms with van der Waals surface area (Å²) in [5, 5.41) is 2.06. The van der Waals surface area contributed by atoms with Gasteiger partial charge < -0.3 is 5.73 Å². The number of urea groups is 1. The van der Waals surface area contributed by atoms with E-state index in [0.717, 1.165) is 25.1 Å². The molecule has 0 aliphatic carbocycles. The number of nitrogens with zero attached hydrogens (tertiary/aromatic N) is 1. The lowest BCUT2D eigenvalue weighted by molar-refractivity contribution is -0.120. The van der Waals surface area contributed by atoms with Gasteiger partial charge in [0.05, 0.1) is 0 Å². The summed E-state index contributed by atoms with van der Waals surface area (Å²) in [6.07, 6.45) is 1.87. The van der Waals surface area contributed by atoms with Gasteiger partial charge in [-0.1, -0.05) is 19.1 Å². The van der Waals surface area contributed by atoms with Gasteiger partial charge in [-0.05, 0) is 43.0 Å². The number of likely N-dealkylation sites (tertiary alicyclic amines) is 1. The largest absolute Gasteiger partial charge is 0.351 e. The van der Waals surface area contributed by atoms with Crippen molar-refractivity contribution in [3.63, 3.8) is 0 Å². The van der Waals surface area contributed by atoms with Gasteiger partial charge in [0.2, 0.25) is 5.91 Å². The molecule has 0 spiro atoms. The molecule has 3 N–H and O–H groups in total. The van der Waals surface area contributed by atoms with Crippen molar-refractivity contribution < 1.29 is 14.0 Å². The molecule has 1 saturated heterocycles. The van der Waals surface area contributed by atoms with Gasteiger partial charge in [0.25, 0.3) is 0 Å². The number of benzene rings is 1. The smallest absolute Gasteiger partial charge is 0.318 e. The first-order chi connectivity index (χ1) is 10.5. The Balaban J connectivity index is 1.91. The first kappa shape index (κ1) is 16.4. The van der Waals surface area contributed by atoms with Crippen molar-refractivity contribution in [2.75, 3.05) is 13.1 Å². The maximum absolute atomic E-state index is 13.4. The SMILES string of the molecule is C[C@@H]1C[C@H](c2cccc(F)c2)N(CCCC(=O)NC(N)=O)C1. The molecule has 2 rings (SSSR count). The molecule has 1 aliphatic rings. The van der Waals surface area contributed by atoms with Gasteiger partial charge in [-0.2, -0.15) is 0 Å². The monoisotopic (exact) mass is 307 g/mol. The second-order valence-electron chi connectivity index (χ2n) is 5.92. The summed E-state index contributed by atoms with van der Waals surface area (Å²) >= 11 is 0. The molecular weight excluding hydrogens is 285 g/mol. The van der Waals surface area contributed by atoms with E-state index in [9.17, 15) is 14.0 Å². The van der Waals surface area contributed by atoms with E-state index < -0.39 is 6.03 Å². The van der Waals surface area contributed by atoms with E-state index in [0.29, 0.717) is 12.3 Å². The molecule has 1 aliphatic heterocycles. The molecule has 0 radical (unpaired) electrons. The minimum Gasteiger partial charge on any atom is -0.351 e. The molecule has 1 heterocycles. The summed E-state index contributed by atoms with van der Waals surface area (Å²) < 4.78 is 13.4. The second-order valence-corrected chi connectivity index (χ2v) is 5.92. The highest BCUT2D eigenvalue weighted by molar-refractivity contribution is 5.93. The summed E-state index contributed by atoms with van der Waals surface area (Å²) in [7, 11) is 0. The highest BCUT2D eigenvalue weighted by atomic mass is 19.1. The van der Waals surface area contributed by atoms with Crippen LogP contribution in [0.4, 0.5) is 9.18 Å². The fourth-order valence-corrected chi connectivity index (χ4v) is 3.08. The maximum atomic E-state index is 13.4. The molecule has 1 aromatic rings. The van der Waals surface area contributed by atoms with Gasteiger partial charge in [-0.15, -0.1) is 0 Å². The van der Waals surface area contributed by atoms with Crippen LogP contribution < -0.4 is 11.1 Å². The summed E-state index contributed by atoms with van der Waals surface area (Å²) in [6.45, 7) is 3.84. The van der Waals surface area contributed by atoms with Crippen LogP contribution in [0.3, 0.4) is 0 Å². The molecule has 3 amide bonds. The van der Waals surface area contributed by atoms with Crippen LogP contribution in [0.1, 0.15) is 37.8 Å². The Hall–Kier alpha value is -1.95. The maximum Gasteiger partial charge on any atom is 0.318 e. The molecule has 1 aromatic carbocycles. The minimum atomic E-state index is -0.822. The van der Waals surface area contributed by atoms with Gasteiger partial charge in [0.15, 0.2) is 0 Å². The van der Waals surface area contributed by atoms with Crippen LogP contribution in [0.15, 0.2) is 24.3 Å². The van der Waals surface area contributed by atoms with Crippen LogP contribution in [0.2, 0.25) is 0 Å². The number of nitrogens with one attached hydrogen (secondary N) is 1. The van der Waals surface area contributed by atoms with Crippen molar-refractivity contribution in [1.82, 2.24) is 10.2 Å². The number of hydrogen-bond donors (Lipinski definition) is 2. The molecule has 1 fully saturated rings. The number of imide groups is 1. The zero-order valence-corrected chi connectivity index (χ0v) is 12.7. The summed E-state index contributed by atoms with van der Waals surface area (Å²) in [4.78, 5) is 24.3. The lowest BCUT2D eigenvalue weighted by atomic mass is 10.0. The lowest BCUT2D eigenvalue weighted by Gasteiger charge is -2.24. The Morgan fingerprint density at radius 3 is 2.91 bits per heavy atom. The quantitative estimate of drug-likeness (QED) is 0.875. The van der Waals surface area contributed by atoms with Crippen LogP contribution in [-0.2, 0) is 4.79 Å². The molecular formula is C16H22FN3O2. The lowest BCUT2D eigenvalue weighted by Crippen LogP contribution is -2.35. The fourth-order valence-electron chi connectivity index (χ4n) is 3.08. The highest BCUT2D eigenvalue weighted by Gasteiger charge is 2.30. The highest BCUT2D eigenvalue weighted by Crippen LogP contribution is 2.35. The van der Waals surface area contributed by atoms with E-state index in [4.69, 9.17) is 5.73 Å². The van der Waals surface area contributed by atoms with E-state index in [2.05, 4.69) is 17.1 Å². The Morgan fingerprint density at radius 2 is 2.23 bits per heavy atom. The van der Waals surface area contributed by atoms with E-state index >= 15 is 0 Å². The van der Waals surface area contributed by atoms with Crippen molar-refractivity contribution in [2.45, 2.75) is 32.2 Å². The van der Waals surface area contributed by atoms with Crippen molar-refractivity contribution in [2.24, 2.45) is 11.7 Å². The van der Waals surface area contributed by atoms with Crippen LogP contribution >= 0.6 is 0 Å². The van der Waals surface area contributed by atoms with Crippen LogP contribution in [0, 0.1) is 11.7 Å². The molecule has 0 bridgehead atoms. The van der Waals surface area contributed by atoms with Crippen molar-refractivity contribution in [3.05, 3.63) is 35.6 Å². The number of halogens is 1. The van der Waals surface area contributed by atoms with E-state index in [1.54, 1.807) is 12.1 Å². The van der Waals surface area contributed by atoms with E-state index in [1.165, 1.54) is 6.07 Å². The van der Waals surface area contributed by atoms with Crippen LogP contribution in [0.5, 0.6) is 0 Å². The third-order valence-corrected chi connectivity index (χ3v) is 3.96. The number of primary amides is 1. The third-order valence-electron chi connectivity index (χ3n) is 3.96. The normalized spacial score (nSPS) is 21.7. The summed E-state index contributed by atoms with van der Waals surface area (Å²) in [5.41, 5.74) is 5.88. The second kappa shape index (κ2) is 7.35. The van der Waals surface area contributed by atoms with E-state index in [1.807, 2.05) is 6.07 Å².